The number of nitrogens with zero attached hydrogens (tertiary/aromatic N) is 1. The number of hydrogen-bond acceptors (Lipinski definition) is 2. The lowest BCUT2D eigenvalue weighted by molar-refractivity contribution is 0.0209. The summed E-state index contributed by atoms with van der Waals surface area (Å²) in [7, 11) is 0. The highest BCUT2D eigenvalue weighted by Crippen LogP contribution is 2.41. The van der Waals surface area contributed by atoms with E-state index >= 15 is 0 Å². The van der Waals surface area contributed by atoms with E-state index in [1.807, 2.05) is 0 Å². The SMILES string of the molecule is CCc1ccc(NC(=S)NC2C[C@H]3CCC[C@H](C2)N3C2CC2)cc1. The standard InChI is InChI=1S/C20H29N3S/c1-2-14-6-8-15(9-7-14)21-20(24)22-16-12-18-4-3-5-19(13-16)23(18)17-10-11-17/h6-9,16-19H,2-5,10-13H2,1H3,(H2,21,22,24)/t18-,19-/m1/s1. The number of hydrogen-bond donors (Lipinski definition) is 2. The Balaban J connectivity index is 1.32. The Morgan fingerprint density at radius 3 is 2.29 bits per heavy atom. The van der Waals surface area contributed by atoms with Gasteiger partial charge in [0.05, 0.1) is 0 Å². The smallest absolute Gasteiger partial charge is 0.170 e. The van der Waals surface area contributed by atoms with Crippen LogP contribution in [-0.4, -0.2) is 34.2 Å². The minimum atomic E-state index is 0.533. The van der Waals surface area contributed by atoms with E-state index in [-0.39, 0.29) is 0 Å². The van der Waals surface area contributed by atoms with Crippen molar-refractivity contribution in [2.75, 3.05) is 5.32 Å². The van der Waals surface area contributed by atoms with Gasteiger partial charge in [0, 0.05) is 29.9 Å². The van der Waals surface area contributed by atoms with E-state index in [0.29, 0.717) is 6.04 Å². The topological polar surface area (TPSA) is 27.3 Å². The first kappa shape index (κ1) is 16.3. The molecular formula is C20H29N3S. The molecule has 0 spiro atoms. The molecule has 2 bridgehead atoms. The maximum Gasteiger partial charge on any atom is 0.170 e. The Morgan fingerprint density at radius 2 is 1.71 bits per heavy atom. The van der Waals surface area contributed by atoms with Gasteiger partial charge in [0.2, 0.25) is 0 Å². The summed E-state index contributed by atoms with van der Waals surface area (Å²) in [5.74, 6) is 0. The van der Waals surface area contributed by atoms with E-state index in [1.165, 1.54) is 50.5 Å². The fourth-order valence-electron chi connectivity index (χ4n) is 4.68. The van der Waals surface area contributed by atoms with Gasteiger partial charge >= 0.3 is 0 Å². The van der Waals surface area contributed by atoms with Crippen LogP contribution in [0.5, 0.6) is 0 Å². The van der Waals surface area contributed by atoms with Crippen molar-refractivity contribution in [1.82, 2.24) is 10.2 Å². The Bertz CT molecular complexity index is 567. The molecule has 1 aromatic rings. The largest absolute Gasteiger partial charge is 0.360 e. The lowest BCUT2D eigenvalue weighted by Gasteiger charge is -2.49. The number of fused-ring (bicyclic) bond motifs is 2. The van der Waals surface area contributed by atoms with Crippen molar-refractivity contribution < 1.29 is 0 Å². The number of piperidine rings is 2. The number of nitrogens with one attached hydrogen (secondary N) is 2. The van der Waals surface area contributed by atoms with Gasteiger partial charge in [0.25, 0.3) is 0 Å². The minimum absolute atomic E-state index is 0.533. The van der Waals surface area contributed by atoms with Crippen LogP contribution in [0.2, 0.25) is 0 Å². The molecule has 2 N–H and O–H groups in total. The van der Waals surface area contributed by atoms with Crippen molar-refractivity contribution in [2.24, 2.45) is 0 Å². The van der Waals surface area contributed by atoms with E-state index < -0.39 is 0 Å². The van der Waals surface area contributed by atoms with Gasteiger partial charge in [-0.15, -0.1) is 0 Å². The van der Waals surface area contributed by atoms with Crippen LogP contribution in [0.1, 0.15) is 57.4 Å². The molecular weight excluding hydrogens is 314 g/mol. The molecule has 0 unspecified atom stereocenters. The summed E-state index contributed by atoms with van der Waals surface area (Å²) in [4.78, 5) is 2.86. The molecule has 3 fully saturated rings. The summed E-state index contributed by atoms with van der Waals surface area (Å²) in [6, 6.07) is 11.6. The van der Waals surface area contributed by atoms with Gasteiger partial charge in [-0.05, 0) is 74.9 Å². The first-order valence-corrected chi connectivity index (χ1v) is 10.1. The van der Waals surface area contributed by atoms with E-state index in [4.69, 9.17) is 12.2 Å². The van der Waals surface area contributed by atoms with Crippen LogP contribution < -0.4 is 10.6 Å². The highest BCUT2D eigenvalue weighted by molar-refractivity contribution is 7.80. The lowest BCUT2D eigenvalue weighted by atomic mass is 9.81. The van der Waals surface area contributed by atoms with Crippen LogP contribution in [0.25, 0.3) is 0 Å². The molecule has 24 heavy (non-hydrogen) atoms. The van der Waals surface area contributed by atoms with Crippen LogP contribution in [0.3, 0.4) is 0 Å². The highest BCUT2D eigenvalue weighted by atomic mass is 32.1. The normalized spacial score (nSPS) is 30.0. The highest BCUT2D eigenvalue weighted by Gasteiger charge is 2.44. The second-order valence-corrected chi connectivity index (χ2v) is 8.14. The number of rotatable bonds is 4. The molecule has 2 aliphatic heterocycles. The lowest BCUT2D eigenvalue weighted by Crippen LogP contribution is -2.57. The molecule has 130 valence electrons. The third-order valence-electron chi connectivity index (χ3n) is 5.95. The van der Waals surface area contributed by atoms with Gasteiger partial charge in [0.1, 0.15) is 0 Å². The summed E-state index contributed by atoms with van der Waals surface area (Å²) >= 11 is 5.57. The monoisotopic (exact) mass is 343 g/mol. The summed E-state index contributed by atoms with van der Waals surface area (Å²) < 4.78 is 0. The summed E-state index contributed by atoms with van der Waals surface area (Å²) in [5.41, 5.74) is 2.44. The van der Waals surface area contributed by atoms with Gasteiger partial charge in [-0.3, -0.25) is 4.90 Å². The predicted molar refractivity (Wildman–Crippen MR) is 104 cm³/mol. The molecule has 4 rings (SSSR count). The van der Waals surface area contributed by atoms with Crippen molar-refractivity contribution in [2.45, 2.75) is 82.5 Å². The van der Waals surface area contributed by atoms with Gasteiger partial charge < -0.3 is 10.6 Å². The van der Waals surface area contributed by atoms with Crippen LogP contribution in [0.15, 0.2) is 24.3 Å². The van der Waals surface area contributed by atoms with Crippen molar-refractivity contribution >= 4 is 23.0 Å². The van der Waals surface area contributed by atoms with Crippen LogP contribution >= 0.6 is 12.2 Å². The minimum Gasteiger partial charge on any atom is -0.360 e. The van der Waals surface area contributed by atoms with Crippen LogP contribution in [-0.2, 0) is 6.42 Å². The van der Waals surface area contributed by atoms with E-state index in [0.717, 1.165) is 35.3 Å². The first-order chi connectivity index (χ1) is 11.7. The zero-order valence-electron chi connectivity index (χ0n) is 14.6. The molecule has 0 aromatic heterocycles. The Hall–Kier alpha value is -1.13. The van der Waals surface area contributed by atoms with Crippen molar-refractivity contribution in [3.63, 3.8) is 0 Å². The second-order valence-electron chi connectivity index (χ2n) is 7.73. The van der Waals surface area contributed by atoms with E-state index in [1.54, 1.807) is 0 Å². The average Bonchev–Trinajstić information content (AvgIpc) is 3.39. The van der Waals surface area contributed by atoms with Crippen LogP contribution in [0.4, 0.5) is 5.69 Å². The zero-order valence-corrected chi connectivity index (χ0v) is 15.4. The second kappa shape index (κ2) is 7.01. The first-order valence-electron chi connectivity index (χ1n) is 9.67. The number of thiocarbonyl (C=S) groups is 1. The van der Waals surface area contributed by atoms with Gasteiger partial charge in [0.15, 0.2) is 5.11 Å². The van der Waals surface area contributed by atoms with E-state index in [2.05, 4.69) is 46.7 Å². The third-order valence-corrected chi connectivity index (χ3v) is 6.17. The molecule has 2 heterocycles. The van der Waals surface area contributed by atoms with E-state index in [9.17, 15) is 0 Å². The van der Waals surface area contributed by atoms with Gasteiger partial charge in [-0.2, -0.15) is 0 Å². The molecule has 4 heteroatoms. The predicted octanol–water partition coefficient (Wildman–Crippen LogP) is 4.08. The van der Waals surface area contributed by atoms with Crippen molar-refractivity contribution in [3.8, 4) is 0 Å². The molecule has 1 saturated carbocycles. The Labute approximate surface area is 151 Å². The van der Waals surface area contributed by atoms with Crippen molar-refractivity contribution in [3.05, 3.63) is 29.8 Å². The van der Waals surface area contributed by atoms with Crippen LogP contribution in [0, 0.1) is 0 Å². The Morgan fingerprint density at radius 1 is 1.04 bits per heavy atom. The number of benzene rings is 1. The van der Waals surface area contributed by atoms with Gasteiger partial charge in [-0.25, -0.2) is 0 Å². The molecule has 0 radical (unpaired) electrons. The quantitative estimate of drug-likeness (QED) is 0.806. The molecule has 1 aromatic carbocycles. The maximum absolute atomic E-state index is 5.57. The van der Waals surface area contributed by atoms with Crippen molar-refractivity contribution in [1.29, 1.82) is 0 Å². The number of aryl methyl sites for hydroxylation is 1. The molecule has 1 aliphatic carbocycles. The molecule has 0 amide bonds. The number of anilines is 1. The maximum atomic E-state index is 5.57. The fourth-order valence-corrected chi connectivity index (χ4v) is 4.97. The van der Waals surface area contributed by atoms with Gasteiger partial charge in [-0.1, -0.05) is 25.5 Å². The summed E-state index contributed by atoms with van der Waals surface area (Å²) in [6.07, 6.45) is 10.6. The Kier molecular flexibility index (Phi) is 4.77. The zero-order chi connectivity index (χ0) is 16.5. The third kappa shape index (κ3) is 3.60. The average molecular weight is 344 g/mol. The molecule has 2 saturated heterocycles. The fraction of sp³-hybridized carbons (Fsp3) is 0.650. The molecule has 3 aliphatic rings. The molecule has 2 atom stereocenters. The summed E-state index contributed by atoms with van der Waals surface area (Å²) in [6.45, 7) is 2.18. The summed E-state index contributed by atoms with van der Waals surface area (Å²) in [5, 5.41) is 7.74. The molecule has 3 nitrogen and oxygen atoms in total.